The summed E-state index contributed by atoms with van der Waals surface area (Å²) in [5.74, 6) is 0.967. The fourth-order valence-electron chi connectivity index (χ4n) is 3.61. The number of hydrogen-bond donors (Lipinski definition) is 2. The third-order valence-corrected chi connectivity index (χ3v) is 5.05. The summed E-state index contributed by atoms with van der Waals surface area (Å²) in [6, 6.07) is 3.86. The van der Waals surface area contributed by atoms with Crippen molar-refractivity contribution in [3.8, 4) is 0 Å². The lowest BCUT2D eigenvalue weighted by atomic mass is 9.90. The second kappa shape index (κ2) is 7.43. The number of rotatable bonds is 4. The van der Waals surface area contributed by atoms with E-state index >= 15 is 0 Å². The third-order valence-electron chi connectivity index (χ3n) is 5.05. The summed E-state index contributed by atoms with van der Waals surface area (Å²) in [5.41, 5.74) is 1.82. The van der Waals surface area contributed by atoms with Gasteiger partial charge in [0.1, 0.15) is 5.82 Å². The lowest BCUT2D eigenvalue weighted by Crippen LogP contribution is -2.36. The molecular weight excluding hydrogens is 332 g/mol. The van der Waals surface area contributed by atoms with E-state index in [1.165, 1.54) is 0 Å². The van der Waals surface area contributed by atoms with Crippen LogP contribution in [-0.4, -0.2) is 60.1 Å². The largest absolute Gasteiger partial charge is 0.378 e. The fraction of sp³-hybridized carbons (Fsp3) is 0.500. The number of carbonyl (C=O) groups is 1. The van der Waals surface area contributed by atoms with Gasteiger partial charge in [-0.3, -0.25) is 9.48 Å². The molecule has 2 aliphatic heterocycles. The number of aryl methyl sites for hydroxylation is 1. The maximum atomic E-state index is 12.8. The number of anilines is 2. The van der Waals surface area contributed by atoms with Gasteiger partial charge in [-0.1, -0.05) is 0 Å². The zero-order chi connectivity index (χ0) is 17.9. The van der Waals surface area contributed by atoms with Crippen molar-refractivity contribution in [2.75, 3.05) is 49.6 Å². The van der Waals surface area contributed by atoms with Crippen LogP contribution in [0.4, 0.5) is 11.5 Å². The van der Waals surface area contributed by atoms with E-state index in [2.05, 4.69) is 25.6 Å². The van der Waals surface area contributed by atoms with Crippen LogP contribution in [0, 0.1) is 5.92 Å². The Bertz CT molecular complexity index is 753. The van der Waals surface area contributed by atoms with Crippen LogP contribution in [0.5, 0.6) is 0 Å². The summed E-state index contributed by atoms with van der Waals surface area (Å²) in [4.78, 5) is 19.4. The number of aromatic nitrogens is 3. The summed E-state index contributed by atoms with van der Waals surface area (Å²) in [7, 11) is 1.89. The first-order chi connectivity index (χ1) is 12.7. The molecule has 0 unspecified atom stereocenters. The standard InChI is InChI=1S/C18H24N6O2/c1-23-12-13(8-21-23)15-10-19-11-16(15)18(25)22-14-2-3-17(20-9-14)24-4-6-26-7-5-24/h2-3,8-9,12,15-16,19H,4-7,10-11H2,1H3,(H,22,25)/t15-,16+/m1/s1. The van der Waals surface area contributed by atoms with Gasteiger partial charge in [0.05, 0.1) is 37.2 Å². The van der Waals surface area contributed by atoms with Crippen LogP contribution in [0.3, 0.4) is 0 Å². The van der Waals surface area contributed by atoms with E-state index < -0.39 is 0 Å². The van der Waals surface area contributed by atoms with Crippen molar-refractivity contribution < 1.29 is 9.53 Å². The highest BCUT2D eigenvalue weighted by Gasteiger charge is 2.34. The smallest absolute Gasteiger partial charge is 0.229 e. The molecule has 2 aromatic rings. The summed E-state index contributed by atoms with van der Waals surface area (Å²) in [6.07, 6.45) is 5.55. The molecule has 138 valence electrons. The predicted molar refractivity (Wildman–Crippen MR) is 98.2 cm³/mol. The van der Waals surface area contributed by atoms with Gasteiger partial charge in [0, 0.05) is 45.3 Å². The average Bonchev–Trinajstić information content (AvgIpc) is 3.32. The Balaban J connectivity index is 1.40. The second-order valence-electron chi connectivity index (χ2n) is 6.81. The topological polar surface area (TPSA) is 84.3 Å². The minimum absolute atomic E-state index is 0.0183. The summed E-state index contributed by atoms with van der Waals surface area (Å²) >= 11 is 0. The molecule has 26 heavy (non-hydrogen) atoms. The second-order valence-corrected chi connectivity index (χ2v) is 6.81. The van der Waals surface area contributed by atoms with Gasteiger partial charge in [0.15, 0.2) is 0 Å². The van der Waals surface area contributed by atoms with E-state index in [1.807, 2.05) is 31.6 Å². The molecule has 0 spiro atoms. The third kappa shape index (κ3) is 3.56. The molecule has 8 heteroatoms. The molecule has 4 heterocycles. The summed E-state index contributed by atoms with van der Waals surface area (Å²) < 4.78 is 7.14. The van der Waals surface area contributed by atoms with E-state index in [4.69, 9.17) is 4.74 Å². The molecule has 2 N–H and O–H groups in total. The number of pyridine rings is 1. The molecule has 0 bridgehead atoms. The molecule has 2 aromatic heterocycles. The average molecular weight is 356 g/mol. The highest BCUT2D eigenvalue weighted by molar-refractivity contribution is 5.93. The lowest BCUT2D eigenvalue weighted by Gasteiger charge is -2.27. The molecule has 2 aliphatic rings. The van der Waals surface area contributed by atoms with Gasteiger partial charge in [0.2, 0.25) is 5.91 Å². The Morgan fingerprint density at radius 3 is 2.81 bits per heavy atom. The zero-order valence-corrected chi connectivity index (χ0v) is 14.9. The number of nitrogens with one attached hydrogen (secondary N) is 2. The molecule has 0 radical (unpaired) electrons. The highest BCUT2D eigenvalue weighted by Crippen LogP contribution is 2.29. The molecule has 1 amide bonds. The van der Waals surface area contributed by atoms with Crippen molar-refractivity contribution >= 4 is 17.4 Å². The van der Waals surface area contributed by atoms with Crippen LogP contribution in [0.15, 0.2) is 30.7 Å². The van der Waals surface area contributed by atoms with Crippen LogP contribution >= 0.6 is 0 Å². The van der Waals surface area contributed by atoms with Crippen molar-refractivity contribution in [3.63, 3.8) is 0 Å². The quantitative estimate of drug-likeness (QED) is 0.834. The minimum atomic E-state index is -0.113. The van der Waals surface area contributed by atoms with Gasteiger partial charge >= 0.3 is 0 Å². The molecule has 2 saturated heterocycles. The maximum Gasteiger partial charge on any atom is 0.229 e. The minimum Gasteiger partial charge on any atom is -0.378 e. The SMILES string of the molecule is Cn1cc([C@H]2CNC[C@@H]2C(=O)Nc2ccc(N3CCOCC3)nc2)cn1. The molecule has 2 atom stereocenters. The summed E-state index contributed by atoms with van der Waals surface area (Å²) in [5, 5.41) is 10.6. The molecule has 8 nitrogen and oxygen atoms in total. The van der Waals surface area contributed by atoms with Gasteiger partial charge in [-0.05, 0) is 17.7 Å². The van der Waals surface area contributed by atoms with Gasteiger partial charge in [-0.25, -0.2) is 4.98 Å². The Hall–Kier alpha value is -2.45. The lowest BCUT2D eigenvalue weighted by molar-refractivity contribution is -0.119. The van der Waals surface area contributed by atoms with Crippen LogP contribution in [-0.2, 0) is 16.6 Å². The molecular formula is C18H24N6O2. The predicted octanol–water partition coefficient (Wildman–Crippen LogP) is 0.593. The Labute approximate surface area is 152 Å². The van der Waals surface area contributed by atoms with Crippen LogP contribution < -0.4 is 15.5 Å². The van der Waals surface area contributed by atoms with E-state index in [0.717, 1.165) is 49.9 Å². The van der Waals surface area contributed by atoms with Crippen molar-refractivity contribution in [2.24, 2.45) is 13.0 Å². The number of amides is 1. The number of carbonyl (C=O) groups excluding carboxylic acids is 1. The molecule has 2 fully saturated rings. The first-order valence-corrected chi connectivity index (χ1v) is 8.99. The fourth-order valence-corrected chi connectivity index (χ4v) is 3.61. The number of nitrogens with zero attached hydrogens (tertiary/aromatic N) is 4. The Morgan fingerprint density at radius 1 is 1.27 bits per heavy atom. The van der Waals surface area contributed by atoms with Crippen molar-refractivity contribution in [2.45, 2.75) is 5.92 Å². The Morgan fingerprint density at radius 2 is 2.12 bits per heavy atom. The summed E-state index contributed by atoms with van der Waals surface area (Å²) in [6.45, 7) is 4.61. The van der Waals surface area contributed by atoms with Crippen LogP contribution in [0.1, 0.15) is 11.5 Å². The van der Waals surface area contributed by atoms with E-state index in [9.17, 15) is 4.79 Å². The van der Waals surface area contributed by atoms with Crippen LogP contribution in [0.2, 0.25) is 0 Å². The zero-order valence-electron chi connectivity index (χ0n) is 14.9. The van der Waals surface area contributed by atoms with Crippen molar-refractivity contribution in [1.29, 1.82) is 0 Å². The van der Waals surface area contributed by atoms with Gasteiger partial charge in [-0.15, -0.1) is 0 Å². The molecule has 4 rings (SSSR count). The first-order valence-electron chi connectivity index (χ1n) is 8.99. The van der Waals surface area contributed by atoms with E-state index in [1.54, 1.807) is 10.9 Å². The maximum absolute atomic E-state index is 12.8. The number of ether oxygens (including phenoxy) is 1. The Kier molecular flexibility index (Phi) is 4.85. The van der Waals surface area contributed by atoms with Crippen molar-refractivity contribution in [1.82, 2.24) is 20.1 Å². The van der Waals surface area contributed by atoms with Crippen molar-refractivity contribution in [3.05, 3.63) is 36.3 Å². The van der Waals surface area contributed by atoms with Gasteiger partial charge in [-0.2, -0.15) is 5.10 Å². The van der Waals surface area contributed by atoms with E-state index in [0.29, 0.717) is 6.54 Å². The first kappa shape index (κ1) is 17.0. The number of hydrogen-bond acceptors (Lipinski definition) is 6. The van der Waals surface area contributed by atoms with E-state index in [-0.39, 0.29) is 17.7 Å². The molecule has 0 aliphatic carbocycles. The van der Waals surface area contributed by atoms with Crippen LogP contribution in [0.25, 0.3) is 0 Å². The normalized spacial score (nSPS) is 23.2. The number of morpholine rings is 1. The van der Waals surface area contributed by atoms with Gasteiger partial charge < -0.3 is 20.3 Å². The monoisotopic (exact) mass is 356 g/mol. The van der Waals surface area contributed by atoms with Gasteiger partial charge in [0.25, 0.3) is 0 Å². The molecule has 0 saturated carbocycles. The molecule has 0 aromatic carbocycles. The highest BCUT2D eigenvalue weighted by atomic mass is 16.5.